The molecule has 5 rings (SSSR count). The monoisotopic (exact) mass is 644 g/mol. The van der Waals surface area contributed by atoms with E-state index >= 15 is 0 Å². The van der Waals surface area contributed by atoms with Gasteiger partial charge in [-0.1, -0.05) is 47.5 Å². The SMILES string of the molecule is COC(=O)C1=C(C)N(c2cc(C)cc(C)c2)/C(=C/c2ccc(CN(Cc3ccc(Cl)cc3)S(=O)(=O)c3ccc(C)cc3)o2)C1=O. The van der Waals surface area contributed by atoms with E-state index in [9.17, 15) is 18.0 Å². The third kappa shape index (κ3) is 6.81. The summed E-state index contributed by atoms with van der Waals surface area (Å²) in [5.74, 6) is -0.536. The first-order chi connectivity index (χ1) is 21.4. The van der Waals surface area contributed by atoms with E-state index in [0.29, 0.717) is 27.9 Å². The van der Waals surface area contributed by atoms with Gasteiger partial charge in [0.1, 0.15) is 17.1 Å². The molecule has 0 atom stereocenters. The Bertz CT molecular complexity index is 1920. The van der Waals surface area contributed by atoms with Gasteiger partial charge in [-0.2, -0.15) is 4.31 Å². The van der Waals surface area contributed by atoms with Crippen LogP contribution in [-0.4, -0.2) is 31.6 Å². The van der Waals surface area contributed by atoms with Crippen LogP contribution >= 0.6 is 11.6 Å². The summed E-state index contributed by atoms with van der Waals surface area (Å²) < 4.78 is 40.0. The number of ketones is 1. The van der Waals surface area contributed by atoms with Gasteiger partial charge in [0.15, 0.2) is 0 Å². The van der Waals surface area contributed by atoms with Gasteiger partial charge in [-0.15, -0.1) is 0 Å². The highest BCUT2D eigenvalue weighted by Crippen LogP contribution is 2.37. The minimum Gasteiger partial charge on any atom is -0.465 e. The van der Waals surface area contributed by atoms with Gasteiger partial charge in [0.25, 0.3) is 0 Å². The number of halogens is 1. The van der Waals surface area contributed by atoms with Gasteiger partial charge in [-0.05, 0) is 92.9 Å². The number of benzene rings is 3. The van der Waals surface area contributed by atoms with E-state index in [2.05, 4.69) is 0 Å². The maximum Gasteiger partial charge on any atom is 0.343 e. The van der Waals surface area contributed by atoms with Crippen molar-refractivity contribution < 1.29 is 27.2 Å². The number of anilines is 1. The van der Waals surface area contributed by atoms with Gasteiger partial charge in [-0.3, -0.25) is 4.79 Å². The fourth-order valence-corrected chi connectivity index (χ4v) is 6.84. The van der Waals surface area contributed by atoms with Crippen molar-refractivity contribution in [1.29, 1.82) is 0 Å². The number of furan rings is 1. The predicted octanol–water partition coefficient (Wildman–Crippen LogP) is 7.13. The Labute approximate surface area is 268 Å². The van der Waals surface area contributed by atoms with Crippen LogP contribution < -0.4 is 4.90 Å². The number of hydrogen-bond donors (Lipinski definition) is 0. The van der Waals surface area contributed by atoms with Crippen LogP contribution in [0.15, 0.2) is 105 Å². The van der Waals surface area contributed by atoms with Gasteiger partial charge >= 0.3 is 5.97 Å². The Balaban J connectivity index is 1.51. The lowest BCUT2D eigenvalue weighted by atomic mass is 10.1. The molecule has 8 nitrogen and oxygen atoms in total. The number of Topliss-reactive ketones (excluding diaryl/α,β-unsaturated/α-hetero) is 1. The maximum absolute atomic E-state index is 13.8. The molecule has 2 heterocycles. The van der Waals surface area contributed by atoms with Crippen molar-refractivity contribution >= 4 is 45.1 Å². The number of carbonyl (C=O) groups excluding carboxylic acids is 2. The number of ether oxygens (including phenoxy) is 1. The van der Waals surface area contributed by atoms with Gasteiger partial charge < -0.3 is 14.1 Å². The summed E-state index contributed by atoms with van der Waals surface area (Å²) in [6.07, 6.45) is 1.56. The summed E-state index contributed by atoms with van der Waals surface area (Å²) in [5, 5.41) is 0.548. The zero-order valence-electron chi connectivity index (χ0n) is 25.6. The second-order valence-electron chi connectivity index (χ2n) is 11.0. The standard InChI is InChI=1S/C35H33ClN2O6S/c1-22-6-14-31(15-7-22)45(41,42)37(20-26-8-10-27(36)11-9-26)21-30-13-12-29(44-30)19-32-34(39)33(35(40)43-5)25(4)38(32)28-17-23(2)16-24(3)18-28/h6-19H,20-21H2,1-5H3/b32-19+. The molecule has 0 amide bonds. The molecule has 0 spiro atoms. The molecule has 0 aliphatic carbocycles. The number of rotatable bonds is 9. The molecule has 232 valence electrons. The smallest absolute Gasteiger partial charge is 0.343 e. The van der Waals surface area contributed by atoms with Crippen molar-refractivity contribution in [3.63, 3.8) is 0 Å². The van der Waals surface area contributed by atoms with Crippen LogP contribution in [0.2, 0.25) is 5.02 Å². The highest BCUT2D eigenvalue weighted by molar-refractivity contribution is 7.89. The summed E-state index contributed by atoms with van der Waals surface area (Å²) >= 11 is 6.06. The third-order valence-corrected chi connectivity index (χ3v) is 9.53. The molecular weight excluding hydrogens is 612 g/mol. The lowest BCUT2D eigenvalue weighted by Crippen LogP contribution is -2.30. The maximum atomic E-state index is 13.8. The molecule has 1 aliphatic rings. The lowest BCUT2D eigenvalue weighted by molar-refractivity contribution is -0.137. The molecule has 10 heteroatoms. The van der Waals surface area contributed by atoms with Crippen molar-refractivity contribution in [2.45, 2.75) is 45.7 Å². The summed E-state index contributed by atoms with van der Waals surface area (Å²) in [6, 6.07) is 22.9. The largest absolute Gasteiger partial charge is 0.465 e. The minimum absolute atomic E-state index is 0.0620. The molecule has 1 aliphatic heterocycles. The van der Waals surface area contributed by atoms with E-state index < -0.39 is 21.8 Å². The number of allylic oxidation sites excluding steroid dienone is 2. The second-order valence-corrected chi connectivity index (χ2v) is 13.4. The molecule has 0 fully saturated rings. The molecule has 45 heavy (non-hydrogen) atoms. The predicted molar refractivity (Wildman–Crippen MR) is 174 cm³/mol. The average Bonchev–Trinajstić information content (AvgIpc) is 3.53. The molecule has 0 saturated carbocycles. The van der Waals surface area contributed by atoms with Crippen molar-refractivity contribution in [3.8, 4) is 0 Å². The number of sulfonamides is 1. The Morgan fingerprint density at radius 2 is 1.53 bits per heavy atom. The van der Waals surface area contributed by atoms with Crippen LogP contribution in [0.3, 0.4) is 0 Å². The average molecular weight is 645 g/mol. The quantitative estimate of drug-likeness (QED) is 0.109. The summed E-state index contributed by atoms with van der Waals surface area (Å²) in [5.41, 5.74) is 4.98. The molecule has 4 aromatic rings. The zero-order chi connectivity index (χ0) is 32.5. The van der Waals surface area contributed by atoms with E-state index in [1.165, 1.54) is 11.4 Å². The van der Waals surface area contributed by atoms with Crippen LogP contribution in [-0.2, 0) is 37.4 Å². The number of esters is 1. The molecule has 1 aromatic heterocycles. The van der Waals surface area contributed by atoms with Gasteiger partial charge in [0.05, 0.1) is 24.2 Å². The van der Waals surface area contributed by atoms with Gasteiger partial charge in [-0.25, -0.2) is 13.2 Å². The number of methoxy groups -OCH3 is 1. The number of nitrogens with zero attached hydrogens (tertiary/aromatic N) is 2. The zero-order valence-corrected chi connectivity index (χ0v) is 27.2. The number of aryl methyl sites for hydroxylation is 3. The van der Waals surface area contributed by atoms with Crippen LogP contribution in [0, 0.1) is 20.8 Å². The summed E-state index contributed by atoms with van der Waals surface area (Å²) in [4.78, 5) is 28.1. The van der Waals surface area contributed by atoms with Crippen LogP contribution in [0.1, 0.15) is 40.7 Å². The van der Waals surface area contributed by atoms with E-state index in [4.69, 9.17) is 20.8 Å². The molecule has 0 N–H and O–H groups in total. The molecule has 0 bridgehead atoms. The second kappa shape index (κ2) is 12.9. The van der Waals surface area contributed by atoms with Gasteiger partial charge in [0, 0.05) is 29.0 Å². The minimum atomic E-state index is -3.92. The van der Waals surface area contributed by atoms with Gasteiger partial charge in [0.2, 0.25) is 15.8 Å². The first-order valence-electron chi connectivity index (χ1n) is 14.2. The first-order valence-corrected chi connectivity index (χ1v) is 16.0. The number of carbonyl (C=O) groups is 2. The fourth-order valence-electron chi connectivity index (χ4n) is 5.32. The lowest BCUT2D eigenvalue weighted by Gasteiger charge is -2.22. The van der Waals surface area contributed by atoms with E-state index in [0.717, 1.165) is 22.3 Å². The van der Waals surface area contributed by atoms with Crippen LogP contribution in [0.4, 0.5) is 5.69 Å². The first kappa shape index (κ1) is 32.0. The molecule has 3 aromatic carbocycles. The molecule has 0 radical (unpaired) electrons. The Morgan fingerprint density at radius 1 is 0.889 bits per heavy atom. The van der Waals surface area contributed by atoms with E-state index in [1.807, 2.05) is 39.0 Å². The molecule has 0 unspecified atom stereocenters. The normalized spacial score (nSPS) is 14.6. The van der Waals surface area contributed by atoms with Crippen molar-refractivity contribution in [2.24, 2.45) is 0 Å². The van der Waals surface area contributed by atoms with E-state index in [1.54, 1.807) is 78.6 Å². The fraction of sp³-hybridized carbons (Fsp3) is 0.200. The Kier molecular flexibility index (Phi) is 9.16. The highest BCUT2D eigenvalue weighted by Gasteiger charge is 2.38. The summed E-state index contributed by atoms with van der Waals surface area (Å²) in [7, 11) is -2.69. The van der Waals surface area contributed by atoms with E-state index in [-0.39, 0.29) is 29.3 Å². The van der Waals surface area contributed by atoms with Crippen LogP contribution in [0.25, 0.3) is 6.08 Å². The molecular formula is C35H33ClN2O6S. The summed E-state index contributed by atoms with van der Waals surface area (Å²) in [6.45, 7) is 7.51. The van der Waals surface area contributed by atoms with Crippen LogP contribution in [0.5, 0.6) is 0 Å². The van der Waals surface area contributed by atoms with Crippen molar-refractivity contribution in [3.05, 3.63) is 135 Å². The van der Waals surface area contributed by atoms with Crippen molar-refractivity contribution in [1.82, 2.24) is 4.31 Å². The van der Waals surface area contributed by atoms with Crippen molar-refractivity contribution in [2.75, 3.05) is 12.0 Å². The highest BCUT2D eigenvalue weighted by atomic mass is 35.5. The Morgan fingerprint density at radius 3 is 2.16 bits per heavy atom. The molecule has 0 saturated heterocycles. The topological polar surface area (TPSA) is 97.1 Å². The number of hydrogen-bond acceptors (Lipinski definition) is 7. The third-order valence-electron chi connectivity index (χ3n) is 7.48. The Hall–Kier alpha value is -4.44.